The van der Waals surface area contributed by atoms with E-state index in [4.69, 9.17) is 4.74 Å². The second-order valence-electron chi connectivity index (χ2n) is 5.93. The summed E-state index contributed by atoms with van der Waals surface area (Å²) in [6, 6.07) is 0. The Balaban J connectivity index is 2.16. The van der Waals surface area contributed by atoms with Crippen LogP contribution in [0.3, 0.4) is 0 Å². The average molecular weight is 318 g/mol. The minimum Gasteiger partial charge on any atom is -0.381 e. The van der Waals surface area contributed by atoms with E-state index in [2.05, 4.69) is 10.3 Å². The first-order chi connectivity index (χ1) is 11.0. The third-order valence-corrected chi connectivity index (χ3v) is 4.46. The quantitative estimate of drug-likeness (QED) is 0.901. The molecule has 7 nitrogen and oxygen atoms in total. The fraction of sp³-hybridized carbons (Fsp3) is 0.562. The van der Waals surface area contributed by atoms with Crippen molar-refractivity contribution >= 4 is 16.7 Å². The van der Waals surface area contributed by atoms with Gasteiger partial charge in [0.25, 0.3) is 5.56 Å². The van der Waals surface area contributed by atoms with E-state index in [0.717, 1.165) is 41.7 Å². The highest BCUT2D eigenvalue weighted by Crippen LogP contribution is 2.24. The van der Waals surface area contributed by atoms with Gasteiger partial charge < -0.3 is 10.1 Å². The van der Waals surface area contributed by atoms with Crippen molar-refractivity contribution in [1.29, 1.82) is 0 Å². The van der Waals surface area contributed by atoms with Crippen LogP contribution in [0, 0.1) is 0 Å². The first-order valence-corrected chi connectivity index (χ1v) is 7.97. The van der Waals surface area contributed by atoms with E-state index in [9.17, 15) is 9.59 Å². The predicted octanol–water partition coefficient (Wildman–Crippen LogP) is 0.786. The van der Waals surface area contributed by atoms with E-state index >= 15 is 0 Å². The molecule has 1 saturated heterocycles. The van der Waals surface area contributed by atoms with Crippen LogP contribution in [0.1, 0.15) is 25.3 Å². The smallest absolute Gasteiger partial charge is 0.332 e. The average Bonchev–Trinajstić information content (AvgIpc) is 3.08. The summed E-state index contributed by atoms with van der Waals surface area (Å²) < 4.78 is 8.18. The minimum atomic E-state index is -0.371. The molecule has 0 amide bonds. The largest absolute Gasteiger partial charge is 0.381 e. The second-order valence-corrected chi connectivity index (χ2v) is 5.93. The zero-order chi connectivity index (χ0) is 16.6. The molecule has 3 rings (SSSR count). The molecule has 7 heteroatoms. The number of pyridine rings is 1. The Hall–Kier alpha value is -2.15. The first-order valence-electron chi connectivity index (χ1n) is 7.97. The molecular formula is C16H22N4O3. The normalized spacial score (nSPS) is 17.8. The number of aryl methyl sites for hydroxylation is 2. The van der Waals surface area contributed by atoms with Gasteiger partial charge in [-0.2, -0.15) is 0 Å². The molecule has 1 fully saturated rings. The molecule has 0 spiro atoms. The van der Waals surface area contributed by atoms with Gasteiger partial charge in [0.2, 0.25) is 0 Å². The highest BCUT2D eigenvalue weighted by molar-refractivity contribution is 5.90. The molecule has 0 bridgehead atoms. The van der Waals surface area contributed by atoms with Gasteiger partial charge in [-0.05, 0) is 24.8 Å². The molecule has 1 unspecified atom stereocenters. The van der Waals surface area contributed by atoms with Crippen LogP contribution >= 0.6 is 0 Å². The summed E-state index contributed by atoms with van der Waals surface area (Å²) in [5.41, 5.74) is 1.45. The van der Waals surface area contributed by atoms with E-state index in [1.807, 2.05) is 6.92 Å². The standard InChI is InChI=1S/C16H22N4O3/c1-4-10-8-18-14-12(15(21)20(3)16(22)19(14)2)13(10)17-9-11-6-5-7-23-11/h8,11H,4-7,9H2,1-3H3,(H,17,18). The monoisotopic (exact) mass is 318 g/mol. The lowest BCUT2D eigenvalue weighted by atomic mass is 10.1. The Morgan fingerprint density at radius 3 is 2.78 bits per heavy atom. The zero-order valence-corrected chi connectivity index (χ0v) is 13.8. The van der Waals surface area contributed by atoms with Crippen molar-refractivity contribution in [2.45, 2.75) is 32.3 Å². The van der Waals surface area contributed by atoms with E-state index in [-0.39, 0.29) is 17.4 Å². The molecule has 1 N–H and O–H groups in total. The number of rotatable bonds is 4. The number of nitrogens with zero attached hydrogens (tertiary/aromatic N) is 3. The molecule has 2 aromatic heterocycles. The molecule has 2 aromatic rings. The van der Waals surface area contributed by atoms with Gasteiger partial charge in [0.15, 0.2) is 5.65 Å². The summed E-state index contributed by atoms with van der Waals surface area (Å²) >= 11 is 0. The summed E-state index contributed by atoms with van der Waals surface area (Å²) in [6.07, 6.45) is 4.75. The molecule has 1 atom stereocenters. The van der Waals surface area contributed by atoms with Gasteiger partial charge in [0, 0.05) is 33.4 Å². The third-order valence-electron chi connectivity index (χ3n) is 4.46. The van der Waals surface area contributed by atoms with E-state index in [1.54, 1.807) is 13.2 Å². The van der Waals surface area contributed by atoms with Gasteiger partial charge in [-0.1, -0.05) is 6.92 Å². The fourth-order valence-corrected chi connectivity index (χ4v) is 3.06. The molecule has 1 aliphatic heterocycles. The summed E-state index contributed by atoms with van der Waals surface area (Å²) in [4.78, 5) is 29.0. The number of hydrogen-bond donors (Lipinski definition) is 1. The van der Waals surface area contributed by atoms with Crippen molar-refractivity contribution in [3.8, 4) is 0 Å². The van der Waals surface area contributed by atoms with Crippen LogP contribution in [-0.2, 0) is 25.3 Å². The van der Waals surface area contributed by atoms with Crippen LogP contribution in [0.2, 0.25) is 0 Å². The van der Waals surface area contributed by atoms with Crippen LogP contribution < -0.4 is 16.6 Å². The molecular weight excluding hydrogens is 296 g/mol. The number of fused-ring (bicyclic) bond motifs is 1. The maximum Gasteiger partial charge on any atom is 0.332 e. The van der Waals surface area contributed by atoms with Crippen molar-refractivity contribution in [2.24, 2.45) is 14.1 Å². The van der Waals surface area contributed by atoms with E-state index < -0.39 is 0 Å². The predicted molar refractivity (Wildman–Crippen MR) is 89.1 cm³/mol. The number of hydrogen-bond acceptors (Lipinski definition) is 5. The van der Waals surface area contributed by atoms with Crippen molar-refractivity contribution in [1.82, 2.24) is 14.1 Å². The molecule has 23 heavy (non-hydrogen) atoms. The van der Waals surface area contributed by atoms with Crippen LogP contribution in [0.15, 0.2) is 15.8 Å². The Morgan fingerprint density at radius 2 is 2.13 bits per heavy atom. The second kappa shape index (κ2) is 6.16. The van der Waals surface area contributed by atoms with Crippen molar-refractivity contribution < 1.29 is 4.74 Å². The number of nitrogens with one attached hydrogen (secondary N) is 1. The van der Waals surface area contributed by atoms with Crippen molar-refractivity contribution in [2.75, 3.05) is 18.5 Å². The Labute approximate surface area is 133 Å². The number of ether oxygens (including phenoxy) is 1. The lowest BCUT2D eigenvalue weighted by molar-refractivity contribution is 0.120. The molecule has 0 saturated carbocycles. The van der Waals surface area contributed by atoms with Crippen LogP contribution in [0.5, 0.6) is 0 Å². The Morgan fingerprint density at radius 1 is 1.35 bits per heavy atom. The van der Waals surface area contributed by atoms with Gasteiger partial charge in [-0.25, -0.2) is 9.78 Å². The summed E-state index contributed by atoms with van der Waals surface area (Å²) in [6.45, 7) is 3.46. The number of aromatic nitrogens is 3. The van der Waals surface area contributed by atoms with E-state index in [0.29, 0.717) is 17.6 Å². The van der Waals surface area contributed by atoms with E-state index in [1.165, 1.54) is 11.6 Å². The molecule has 124 valence electrons. The Kier molecular flexibility index (Phi) is 4.21. The van der Waals surface area contributed by atoms with Gasteiger partial charge in [0.05, 0.1) is 11.8 Å². The maximum absolute atomic E-state index is 12.6. The summed E-state index contributed by atoms with van der Waals surface area (Å²) in [7, 11) is 3.12. The highest BCUT2D eigenvalue weighted by Gasteiger charge is 2.19. The SMILES string of the molecule is CCc1cnc2c(c1NCC1CCCO1)c(=O)n(C)c(=O)n2C. The molecule has 0 aliphatic carbocycles. The summed E-state index contributed by atoms with van der Waals surface area (Å²) in [5.74, 6) is 0. The molecule has 0 radical (unpaired) electrons. The fourth-order valence-electron chi connectivity index (χ4n) is 3.06. The topological polar surface area (TPSA) is 78.2 Å². The molecule has 0 aromatic carbocycles. The van der Waals surface area contributed by atoms with Crippen LogP contribution in [-0.4, -0.2) is 33.4 Å². The van der Waals surface area contributed by atoms with Crippen LogP contribution in [0.25, 0.3) is 11.0 Å². The third kappa shape index (κ3) is 2.65. The van der Waals surface area contributed by atoms with Gasteiger partial charge in [-0.15, -0.1) is 0 Å². The van der Waals surface area contributed by atoms with Crippen LogP contribution in [0.4, 0.5) is 5.69 Å². The first kappa shape index (κ1) is 15.7. The summed E-state index contributed by atoms with van der Waals surface area (Å²) in [5, 5.41) is 3.83. The highest BCUT2D eigenvalue weighted by atomic mass is 16.5. The molecule has 3 heterocycles. The van der Waals surface area contributed by atoms with Crippen molar-refractivity contribution in [3.63, 3.8) is 0 Å². The van der Waals surface area contributed by atoms with Gasteiger partial charge in [0.1, 0.15) is 5.39 Å². The van der Waals surface area contributed by atoms with Crippen molar-refractivity contribution in [3.05, 3.63) is 32.6 Å². The lowest BCUT2D eigenvalue weighted by Gasteiger charge is -2.17. The number of anilines is 1. The lowest BCUT2D eigenvalue weighted by Crippen LogP contribution is -2.38. The Bertz CT molecular complexity index is 847. The van der Waals surface area contributed by atoms with Gasteiger partial charge >= 0.3 is 5.69 Å². The zero-order valence-electron chi connectivity index (χ0n) is 13.8. The minimum absolute atomic E-state index is 0.166. The van der Waals surface area contributed by atoms with Gasteiger partial charge in [-0.3, -0.25) is 13.9 Å². The molecule has 1 aliphatic rings. The maximum atomic E-state index is 12.6.